The first-order valence-electron chi connectivity index (χ1n) is 5.63. The van der Waals surface area contributed by atoms with E-state index in [1.807, 2.05) is 6.07 Å². The van der Waals surface area contributed by atoms with Gasteiger partial charge in [0.2, 0.25) is 0 Å². The summed E-state index contributed by atoms with van der Waals surface area (Å²) in [7, 11) is 0. The molecule has 0 unspecified atom stereocenters. The largest absolute Gasteiger partial charge is 0.477 e. The summed E-state index contributed by atoms with van der Waals surface area (Å²) >= 11 is 1.25. The Morgan fingerprint density at radius 2 is 2.25 bits per heavy atom. The third-order valence-corrected chi connectivity index (χ3v) is 3.29. The third kappa shape index (κ3) is 4.33. The number of rotatable bonds is 8. The number of carboxylic acids is 1. The molecule has 0 amide bonds. The van der Waals surface area contributed by atoms with Crippen molar-refractivity contribution in [3.05, 3.63) is 21.9 Å². The monoisotopic (exact) mass is 242 g/mol. The zero-order valence-electron chi connectivity index (χ0n) is 9.57. The lowest BCUT2D eigenvalue weighted by molar-refractivity contribution is 0.0693. The Balaban J connectivity index is 2.21. The van der Waals surface area contributed by atoms with Gasteiger partial charge in [-0.05, 0) is 17.9 Å². The van der Waals surface area contributed by atoms with Gasteiger partial charge in [0.15, 0.2) is 0 Å². The van der Waals surface area contributed by atoms with Crippen LogP contribution >= 0.6 is 11.3 Å². The smallest absolute Gasteiger partial charge is 0.346 e. The molecular weight excluding hydrogens is 224 g/mol. The van der Waals surface area contributed by atoms with Gasteiger partial charge in [-0.1, -0.05) is 26.2 Å². The maximum atomic E-state index is 10.8. The molecular formula is C12H18O3S. The molecule has 1 rings (SSSR count). The molecule has 0 fully saturated rings. The predicted octanol–water partition coefficient (Wildman–Crippen LogP) is 3.54. The third-order valence-electron chi connectivity index (χ3n) is 2.34. The van der Waals surface area contributed by atoms with Crippen LogP contribution in [0.4, 0.5) is 0 Å². The summed E-state index contributed by atoms with van der Waals surface area (Å²) in [5.74, 6) is -0.861. The van der Waals surface area contributed by atoms with E-state index in [0.29, 0.717) is 11.5 Å². The van der Waals surface area contributed by atoms with E-state index < -0.39 is 5.97 Å². The van der Waals surface area contributed by atoms with Crippen LogP contribution < -0.4 is 0 Å². The first-order chi connectivity index (χ1) is 7.75. The quantitative estimate of drug-likeness (QED) is 0.709. The number of carbonyl (C=O) groups is 1. The number of unbranched alkanes of at least 4 members (excludes halogenated alkanes) is 3. The molecule has 0 bridgehead atoms. The number of hydrogen-bond acceptors (Lipinski definition) is 3. The van der Waals surface area contributed by atoms with Gasteiger partial charge < -0.3 is 9.84 Å². The highest BCUT2D eigenvalue weighted by Gasteiger charge is 2.10. The van der Waals surface area contributed by atoms with Gasteiger partial charge in [0, 0.05) is 12.2 Å². The summed E-state index contributed by atoms with van der Waals surface area (Å²) in [6.45, 7) is 3.30. The average molecular weight is 242 g/mol. The van der Waals surface area contributed by atoms with E-state index in [2.05, 4.69) is 6.92 Å². The maximum Gasteiger partial charge on any atom is 0.346 e. The molecule has 1 aromatic rings. The van der Waals surface area contributed by atoms with Crippen molar-refractivity contribution in [1.82, 2.24) is 0 Å². The van der Waals surface area contributed by atoms with Crippen LogP contribution in [-0.4, -0.2) is 17.7 Å². The van der Waals surface area contributed by atoms with Crippen molar-refractivity contribution in [2.24, 2.45) is 0 Å². The standard InChI is InChI=1S/C12H18O3S/c1-2-3-4-5-7-15-9-10-6-8-16-11(10)12(13)14/h6,8H,2-5,7,9H2,1H3,(H,13,14). The van der Waals surface area contributed by atoms with E-state index >= 15 is 0 Å². The highest BCUT2D eigenvalue weighted by Crippen LogP contribution is 2.17. The van der Waals surface area contributed by atoms with Crippen molar-refractivity contribution in [2.45, 2.75) is 39.2 Å². The molecule has 0 saturated carbocycles. The van der Waals surface area contributed by atoms with E-state index in [0.717, 1.165) is 18.6 Å². The summed E-state index contributed by atoms with van der Waals surface area (Å²) in [5.41, 5.74) is 0.785. The average Bonchev–Trinajstić information content (AvgIpc) is 2.71. The van der Waals surface area contributed by atoms with Crippen molar-refractivity contribution >= 4 is 17.3 Å². The van der Waals surface area contributed by atoms with Gasteiger partial charge in [0.05, 0.1) is 6.61 Å². The lowest BCUT2D eigenvalue weighted by Crippen LogP contribution is -2.01. The summed E-state index contributed by atoms with van der Waals surface area (Å²) in [6, 6.07) is 1.82. The Hall–Kier alpha value is -0.870. The van der Waals surface area contributed by atoms with Crippen LogP contribution in [0.15, 0.2) is 11.4 Å². The first-order valence-corrected chi connectivity index (χ1v) is 6.51. The molecule has 0 atom stereocenters. The zero-order chi connectivity index (χ0) is 11.8. The van der Waals surface area contributed by atoms with E-state index in [9.17, 15) is 4.79 Å². The van der Waals surface area contributed by atoms with Gasteiger partial charge in [0.1, 0.15) is 4.88 Å². The Kier molecular flexibility index (Phi) is 6.11. The summed E-state index contributed by atoms with van der Waals surface area (Å²) < 4.78 is 5.46. The van der Waals surface area contributed by atoms with Crippen LogP contribution in [0.5, 0.6) is 0 Å². The fraction of sp³-hybridized carbons (Fsp3) is 0.583. The molecule has 0 aliphatic heterocycles. The maximum absolute atomic E-state index is 10.8. The second-order valence-electron chi connectivity index (χ2n) is 3.69. The van der Waals surface area contributed by atoms with Crippen molar-refractivity contribution in [3.8, 4) is 0 Å². The molecule has 0 aliphatic carbocycles. The topological polar surface area (TPSA) is 46.5 Å². The molecule has 0 aliphatic rings. The fourth-order valence-corrected chi connectivity index (χ4v) is 2.20. The second-order valence-corrected chi connectivity index (χ2v) is 4.61. The summed E-state index contributed by atoms with van der Waals surface area (Å²) in [6.07, 6.45) is 4.70. The molecule has 1 N–H and O–H groups in total. The molecule has 4 heteroatoms. The molecule has 0 aromatic carbocycles. The Morgan fingerprint density at radius 1 is 1.44 bits per heavy atom. The Morgan fingerprint density at radius 3 is 2.94 bits per heavy atom. The van der Waals surface area contributed by atoms with E-state index in [4.69, 9.17) is 9.84 Å². The fourth-order valence-electron chi connectivity index (χ4n) is 1.45. The molecule has 1 heterocycles. The number of aromatic carboxylic acids is 1. The molecule has 3 nitrogen and oxygen atoms in total. The molecule has 0 radical (unpaired) electrons. The van der Waals surface area contributed by atoms with Gasteiger partial charge in [-0.3, -0.25) is 0 Å². The summed E-state index contributed by atoms with van der Waals surface area (Å²) in [4.78, 5) is 11.2. The zero-order valence-corrected chi connectivity index (χ0v) is 10.4. The molecule has 0 spiro atoms. The summed E-state index contributed by atoms with van der Waals surface area (Å²) in [5, 5.41) is 10.7. The number of ether oxygens (including phenoxy) is 1. The normalized spacial score (nSPS) is 10.6. The van der Waals surface area contributed by atoms with Gasteiger partial charge in [0.25, 0.3) is 0 Å². The SMILES string of the molecule is CCCCCCOCc1ccsc1C(=O)O. The van der Waals surface area contributed by atoms with Crippen LogP contribution in [0, 0.1) is 0 Å². The minimum atomic E-state index is -0.861. The molecule has 16 heavy (non-hydrogen) atoms. The highest BCUT2D eigenvalue weighted by molar-refractivity contribution is 7.12. The van der Waals surface area contributed by atoms with Crippen molar-refractivity contribution in [2.75, 3.05) is 6.61 Å². The number of thiophene rings is 1. The Labute approximate surface area is 100 Å². The van der Waals surface area contributed by atoms with Crippen molar-refractivity contribution in [3.63, 3.8) is 0 Å². The molecule has 90 valence electrons. The van der Waals surface area contributed by atoms with E-state index in [-0.39, 0.29) is 0 Å². The van der Waals surface area contributed by atoms with Crippen molar-refractivity contribution in [1.29, 1.82) is 0 Å². The molecule has 1 aromatic heterocycles. The lowest BCUT2D eigenvalue weighted by Gasteiger charge is -2.03. The van der Waals surface area contributed by atoms with Gasteiger partial charge in [-0.15, -0.1) is 11.3 Å². The van der Waals surface area contributed by atoms with Crippen molar-refractivity contribution < 1.29 is 14.6 Å². The minimum absolute atomic E-state index is 0.397. The number of hydrogen-bond donors (Lipinski definition) is 1. The predicted molar refractivity (Wildman–Crippen MR) is 65.1 cm³/mol. The van der Waals surface area contributed by atoms with Crippen LogP contribution in [0.3, 0.4) is 0 Å². The van der Waals surface area contributed by atoms with Crippen LogP contribution in [0.1, 0.15) is 47.8 Å². The van der Waals surface area contributed by atoms with E-state index in [1.165, 1.54) is 30.6 Å². The Bertz CT molecular complexity index is 320. The molecule has 0 saturated heterocycles. The minimum Gasteiger partial charge on any atom is -0.477 e. The first kappa shape index (κ1) is 13.2. The second kappa shape index (κ2) is 7.41. The van der Waals surface area contributed by atoms with Gasteiger partial charge in [-0.25, -0.2) is 4.79 Å². The van der Waals surface area contributed by atoms with Crippen LogP contribution in [-0.2, 0) is 11.3 Å². The van der Waals surface area contributed by atoms with Crippen LogP contribution in [0.25, 0.3) is 0 Å². The van der Waals surface area contributed by atoms with Crippen LogP contribution in [0.2, 0.25) is 0 Å². The number of carboxylic acid groups (broad SMARTS) is 1. The highest BCUT2D eigenvalue weighted by atomic mass is 32.1. The lowest BCUT2D eigenvalue weighted by atomic mass is 10.2. The van der Waals surface area contributed by atoms with Gasteiger partial charge in [-0.2, -0.15) is 0 Å². The van der Waals surface area contributed by atoms with E-state index in [1.54, 1.807) is 5.38 Å². The van der Waals surface area contributed by atoms with Gasteiger partial charge >= 0.3 is 5.97 Å².